The van der Waals surface area contributed by atoms with Crippen molar-refractivity contribution in [3.05, 3.63) is 44.8 Å². The molecule has 0 bridgehead atoms. The monoisotopic (exact) mass is 596 g/mol. The Morgan fingerprint density at radius 3 is 2.31 bits per heavy atom. The maximum absolute atomic E-state index is 13.7. The molecule has 3 fully saturated rings. The molecule has 1 spiro atoms. The first-order chi connectivity index (χ1) is 16.6. The highest BCUT2D eigenvalue weighted by Gasteiger charge is 2.45. The van der Waals surface area contributed by atoms with Crippen LogP contribution in [-0.2, 0) is 0 Å². The Balaban J connectivity index is 1.38. The van der Waals surface area contributed by atoms with Crippen LogP contribution in [0.15, 0.2) is 24.3 Å². The number of rotatable bonds is 4. The second-order valence-corrected chi connectivity index (χ2v) is 11.1. The van der Waals surface area contributed by atoms with Crippen LogP contribution in [-0.4, -0.2) is 58.9 Å². The van der Waals surface area contributed by atoms with Crippen LogP contribution in [0.4, 0.5) is 20.4 Å². The van der Waals surface area contributed by atoms with Gasteiger partial charge < -0.3 is 9.80 Å². The Labute approximate surface area is 216 Å². The standard InChI is InChI=1S/C24H27F2IN6O2/c1-15-12-18(30-22(29-15)32-11-8-24(25,26)14-32)21(35)33(28)20(34)17-3-2-16(27)13-19(17)31-9-6-23(4-5-23)7-10-31/h2-3,12-13H,4-11,14,28H2,1H3. The normalized spacial score (nSPS) is 20.3. The number of piperidine rings is 1. The highest BCUT2D eigenvalue weighted by molar-refractivity contribution is 14.1. The summed E-state index contributed by atoms with van der Waals surface area (Å²) in [5.41, 5.74) is 1.91. The van der Waals surface area contributed by atoms with Gasteiger partial charge >= 0.3 is 0 Å². The number of imide groups is 1. The van der Waals surface area contributed by atoms with Crippen LogP contribution in [0.3, 0.4) is 0 Å². The van der Waals surface area contributed by atoms with Gasteiger partial charge in [-0.1, -0.05) is 0 Å². The summed E-state index contributed by atoms with van der Waals surface area (Å²) in [6, 6.07) is 6.85. The van der Waals surface area contributed by atoms with Gasteiger partial charge in [0.05, 0.1) is 17.8 Å². The molecule has 35 heavy (non-hydrogen) atoms. The number of anilines is 2. The van der Waals surface area contributed by atoms with E-state index in [0.29, 0.717) is 21.7 Å². The molecular formula is C24H27F2IN6O2. The third kappa shape index (κ3) is 4.97. The lowest BCUT2D eigenvalue weighted by molar-refractivity contribution is 0.0256. The highest BCUT2D eigenvalue weighted by Crippen LogP contribution is 2.54. The Morgan fingerprint density at radius 2 is 1.69 bits per heavy atom. The molecule has 5 rings (SSSR count). The van der Waals surface area contributed by atoms with Crippen LogP contribution in [0.2, 0.25) is 0 Å². The van der Waals surface area contributed by atoms with Crippen LogP contribution in [0.25, 0.3) is 0 Å². The van der Waals surface area contributed by atoms with Gasteiger partial charge in [-0.15, -0.1) is 0 Å². The molecule has 3 aliphatic rings. The largest absolute Gasteiger partial charge is 0.371 e. The van der Waals surface area contributed by atoms with E-state index in [1.54, 1.807) is 13.0 Å². The fourth-order valence-electron chi connectivity index (χ4n) is 4.90. The number of aromatic nitrogens is 2. The summed E-state index contributed by atoms with van der Waals surface area (Å²) in [6.07, 6.45) is 4.44. The van der Waals surface area contributed by atoms with Crippen molar-refractivity contribution in [1.29, 1.82) is 0 Å². The summed E-state index contributed by atoms with van der Waals surface area (Å²) >= 11 is 2.20. The fourth-order valence-corrected chi connectivity index (χ4v) is 5.38. The number of carbonyl (C=O) groups excluding carboxylic acids is 2. The van der Waals surface area contributed by atoms with E-state index < -0.39 is 24.3 Å². The Bertz CT molecular complexity index is 1180. The minimum Gasteiger partial charge on any atom is -0.371 e. The van der Waals surface area contributed by atoms with E-state index in [2.05, 4.69) is 37.5 Å². The first kappa shape index (κ1) is 24.3. The van der Waals surface area contributed by atoms with Crippen LogP contribution in [0.5, 0.6) is 0 Å². The van der Waals surface area contributed by atoms with Gasteiger partial charge in [0.25, 0.3) is 17.7 Å². The second kappa shape index (κ2) is 8.91. The van der Waals surface area contributed by atoms with Gasteiger partial charge in [-0.2, -0.15) is 0 Å². The Morgan fingerprint density at radius 1 is 1.00 bits per heavy atom. The number of amides is 2. The van der Waals surface area contributed by atoms with Crippen molar-refractivity contribution in [3.8, 4) is 0 Å². The molecule has 2 aliphatic heterocycles. The molecule has 2 N–H and O–H groups in total. The lowest BCUT2D eigenvalue weighted by Gasteiger charge is -2.35. The Kier molecular flexibility index (Phi) is 6.19. The highest BCUT2D eigenvalue weighted by atomic mass is 127. The van der Waals surface area contributed by atoms with Gasteiger partial charge in [0, 0.05) is 35.3 Å². The van der Waals surface area contributed by atoms with Crippen LogP contribution in [0.1, 0.15) is 58.6 Å². The van der Waals surface area contributed by atoms with Gasteiger partial charge in [0.2, 0.25) is 5.95 Å². The first-order valence-corrected chi connectivity index (χ1v) is 12.8. The zero-order valence-electron chi connectivity index (χ0n) is 19.4. The van der Waals surface area contributed by atoms with Gasteiger partial charge in [-0.3, -0.25) is 9.59 Å². The molecule has 8 nitrogen and oxygen atoms in total. The van der Waals surface area contributed by atoms with Crippen LogP contribution < -0.4 is 15.6 Å². The summed E-state index contributed by atoms with van der Waals surface area (Å²) < 4.78 is 28.4. The molecule has 1 aromatic carbocycles. The molecule has 2 aromatic rings. The number of hydrazine groups is 1. The summed E-state index contributed by atoms with van der Waals surface area (Å²) in [7, 11) is 0. The zero-order chi connectivity index (χ0) is 25.0. The number of carbonyl (C=O) groups is 2. The quantitative estimate of drug-likeness (QED) is 0.189. The lowest BCUT2D eigenvalue weighted by Crippen LogP contribution is -2.44. The average molecular weight is 596 g/mol. The Hall–Kier alpha value is -2.41. The maximum Gasteiger partial charge on any atom is 0.293 e. The number of alkyl halides is 2. The minimum absolute atomic E-state index is 0.0312. The number of nitrogens with zero attached hydrogens (tertiary/aromatic N) is 5. The SMILES string of the molecule is Cc1cc(C(=O)N(N)C(=O)c2ccc(I)cc2N2CCC3(CC2)CC3)nc(N2CCC(F)(F)C2)n1. The maximum atomic E-state index is 13.7. The van der Waals surface area contributed by atoms with E-state index in [4.69, 9.17) is 5.84 Å². The van der Waals surface area contributed by atoms with Crippen molar-refractivity contribution in [3.63, 3.8) is 0 Å². The van der Waals surface area contributed by atoms with Gasteiger partial charge in [-0.25, -0.2) is 29.6 Å². The number of halogens is 3. The predicted molar refractivity (Wildman–Crippen MR) is 136 cm³/mol. The average Bonchev–Trinajstić information content (AvgIpc) is 3.48. The zero-order valence-corrected chi connectivity index (χ0v) is 21.6. The van der Waals surface area contributed by atoms with Gasteiger partial charge in [0.15, 0.2) is 0 Å². The van der Waals surface area contributed by atoms with Gasteiger partial charge in [0.1, 0.15) is 5.69 Å². The molecule has 0 radical (unpaired) electrons. The number of hydrogen-bond acceptors (Lipinski definition) is 7. The van der Waals surface area contributed by atoms with Crippen molar-refractivity contribution in [2.24, 2.45) is 11.3 Å². The van der Waals surface area contributed by atoms with Crippen molar-refractivity contribution < 1.29 is 18.4 Å². The summed E-state index contributed by atoms with van der Waals surface area (Å²) in [5, 5.41) is 0.558. The number of nitrogens with two attached hydrogens (primary N) is 1. The molecule has 2 saturated heterocycles. The number of hydrogen-bond donors (Lipinski definition) is 1. The summed E-state index contributed by atoms with van der Waals surface area (Å²) in [6.45, 7) is 2.91. The third-order valence-electron chi connectivity index (χ3n) is 7.26. The molecular weight excluding hydrogens is 569 g/mol. The summed E-state index contributed by atoms with van der Waals surface area (Å²) in [5.74, 6) is 1.78. The smallest absolute Gasteiger partial charge is 0.293 e. The minimum atomic E-state index is -2.83. The van der Waals surface area contributed by atoms with Crippen molar-refractivity contribution in [1.82, 2.24) is 15.0 Å². The van der Waals surface area contributed by atoms with Crippen molar-refractivity contribution >= 4 is 46.0 Å². The molecule has 1 saturated carbocycles. The third-order valence-corrected chi connectivity index (χ3v) is 7.93. The number of aryl methyl sites for hydroxylation is 1. The van der Waals surface area contributed by atoms with Crippen molar-refractivity contribution in [2.75, 3.05) is 36.0 Å². The molecule has 11 heteroatoms. The molecule has 1 aromatic heterocycles. The molecule has 0 atom stereocenters. The topological polar surface area (TPSA) is 95.7 Å². The van der Waals surface area contributed by atoms with E-state index in [-0.39, 0.29) is 24.6 Å². The molecule has 1 aliphatic carbocycles. The molecule has 186 valence electrons. The molecule has 0 unspecified atom stereocenters. The van der Waals surface area contributed by atoms with E-state index >= 15 is 0 Å². The van der Waals surface area contributed by atoms with Gasteiger partial charge in [-0.05, 0) is 84.9 Å². The molecule has 2 amide bonds. The second-order valence-electron chi connectivity index (χ2n) is 9.85. The van der Waals surface area contributed by atoms with Crippen LogP contribution >= 0.6 is 22.6 Å². The van der Waals surface area contributed by atoms with E-state index in [1.165, 1.54) is 23.8 Å². The summed E-state index contributed by atoms with van der Waals surface area (Å²) in [4.78, 5) is 38.5. The van der Waals surface area contributed by atoms with Crippen molar-refractivity contribution in [2.45, 2.75) is 45.0 Å². The lowest BCUT2D eigenvalue weighted by atomic mass is 9.93. The van der Waals surface area contributed by atoms with E-state index in [1.807, 2.05) is 12.1 Å². The fraction of sp³-hybridized carbons (Fsp3) is 0.500. The van der Waals surface area contributed by atoms with Crippen LogP contribution in [0, 0.1) is 15.9 Å². The van der Waals surface area contributed by atoms with E-state index in [0.717, 1.165) is 35.2 Å². The molecule has 3 heterocycles. The number of benzene rings is 1. The van der Waals surface area contributed by atoms with E-state index in [9.17, 15) is 18.4 Å². The first-order valence-electron chi connectivity index (χ1n) is 11.7. The predicted octanol–water partition coefficient (Wildman–Crippen LogP) is 3.77.